The number of hydrogen-bond donors (Lipinski definition) is 2. The summed E-state index contributed by atoms with van der Waals surface area (Å²) in [7, 11) is 0. The third kappa shape index (κ3) is 2.75. The largest absolute Gasteiger partial charge is 0.475 e. The first-order chi connectivity index (χ1) is 8.70. The molecule has 0 saturated heterocycles. The van der Waals surface area contributed by atoms with Gasteiger partial charge < -0.3 is 14.7 Å². The second kappa shape index (κ2) is 5.46. The lowest BCUT2D eigenvalue weighted by Gasteiger charge is -2.00. The second-order valence-electron chi connectivity index (χ2n) is 3.91. The number of aliphatic hydroxyl groups is 1. The Morgan fingerprint density at radius 2 is 2.00 bits per heavy atom. The van der Waals surface area contributed by atoms with Crippen LogP contribution >= 0.6 is 0 Å². The van der Waals surface area contributed by atoms with Crippen molar-refractivity contribution < 1.29 is 19.5 Å². The predicted octanol–water partition coefficient (Wildman–Crippen LogP) is 1.96. The zero-order valence-corrected chi connectivity index (χ0v) is 9.67. The summed E-state index contributed by atoms with van der Waals surface area (Å²) in [6.07, 6.45) is 1.54. The number of carboxylic acids is 1. The summed E-state index contributed by atoms with van der Waals surface area (Å²) in [5, 5.41) is 21.2. The molecule has 0 amide bonds. The fourth-order valence-corrected chi connectivity index (χ4v) is 1.64. The number of hydrogen-bond acceptors (Lipinski definition) is 4. The minimum atomic E-state index is -1.13. The van der Waals surface area contributed by atoms with Crippen molar-refractivity contribution in [1.29, 1.82) is 0 Å². The summed E-state index contributed by atoms with van der Waals surface area (Å²) in [4.78, 5) is 10.7. The molecule has 2 aromatic rings. The monoisotopic (exact) mass is 247 g/mol. The first-order valence-electron chi connectivity index (χ1n) is 5.61. The van der Waals surface area contributed by atoms with Crippen LogP contribution in [0.15, 0.2) is 34.9 Å². The topological polar surface area (TPSA) is 83.6 Å². The van der Waals surface area contributed by atoms with E-state index in [0.29, 0.717) is 5.69 Å². The Bertz CT molecular complexity index is 530. The second-order valence-corrected chi connectivity index (χ2v) is 3.91. The Kier molecular flexibility index (Phi) is 3.74. The molecule has 1 heterocycles. The van der Waals surface area contributed by atoms with E-state index in [4.69, 9.17) is 14.7 Å². The normalized spacial score (nSPS) is 10.5. The molecule has 1 aromatic carbocycles. The maximum absolute atomic E-state index is 10.7. The van der Waals surface area contributed by atoms with Crippen molar-refractivity contribution in [2.45, 2.75) is 12.8 Å². The molecule has 0 bridgehead atoms. The maximum atomic E-state index is 10.7. The number of aromatic nitrogens is 1. The molecule has 0 fully saturated rings. The van der Waals surface area contributed by atoms with Crippen LogP contribution in [0.2, 0.25) is 0 Å². The van der Waals surface area contributed by atoms with Crippen molar-refractivity contribution >= 4 is 5.97 Å². The van der Waals surface area contributed by atoms with Gasteiger partial charge in [-0.1, -0.05) is 29.4 Å². The maximum Gasteiger partial charge on any atom is 0.374 e. The van der Waals surface area contributed by atoms with E-state index in [2.05, 4.69) is 5.16 Å². The van der Waals surface area contributed by atoms with Crippen LogP contribution in [0.3, 0.4) is 0 Å². The highest BCUT2D eigenvalue weighted by atomic mass is 16.5. The first-order valence-corrected chi connectivity index (χ1v) is 5.61. The zero-order valence-electron chi connectivity index (χ0n) is 9.67. The highest BCUT2D eigenvalue weighted by Gasteiger charge is 2.11. The van der Waals surface area contributed by atoms with Gasteiger partial charge in [-0.25, -0.2) is 4.79 Å². The van der Waals surface area contributed by atoms with Gasteiger partial charge in [0.2, 0.25) is 5.76 Å². The molecule has 0 aliphatic heterocycles. The quantitative estimate of drug-likeness (QED) is 0.843. The molecule has 5 heteroatoms. The highest BCUT2D eigenvalue weighted by molar-refractivity contribution is 5.85. The van der Waals surface area contributed by atoms with Crippen LogP contribution in [0, 0.1) is 0 Å². The number of benzene rings is 1. The van der Waals surface area contributed by atoms with Crippen LogP contribution in [-0.2, 0) is 6.42 Å². The van der Waals surface area contributed by atoms with Crippen LogP contribution in [0.5, 0.6) is 0 Å². The molecule has 94 valence electrons. The number of aliphatic hydroxyl groups excluding tert-OH is 1. The lowest BCUT2D eigenvalue weighted by atomic mass is 10.1. The van der Waals surface area contributed by atoms with E-state index >= 15 is 0 Å². The van der Waals surface area contributed by atoms with E-state index in [0.717, 1.165) is 24.0 Å². The average molecular weight is 247 g/mol. The average Bonchev–Trinajstić information content (AvgIpc) is 2.87. The van der Waals surface area contributed by atoms with Gasteiger partial charge in [0.1, 0.15) is 5.69 Å². The molecule has 0 aliphatic carbocycles. The standard InChI is InChI=1S/C13H13NO4/c15-7-1-2-9-3-5-10(6-4-9)11-8-12(13(16)17)18-14-11/h3-6,8,15H,1-2,7H2,(H,16,17). The molecule has 2 N–H and O–H groups in total. The van der Waals surface area contributed by atoms with Crippen molar-refractivity contribution in [3.05, 3.63) is 41.7 Å². The van der Waals surface area contributed by atoms with Crippen LogP contribution in [0.25, 0.3) is 11.3 Å². The van der Waals surface area contributed by atoms with Gasteiger partial charge in [0.25, 0.3) is 0 Å². The Labute approximate surface area is 104 Å². The SMILES string of the molecule is O=C(O)c1cc(-c2ccc(CCCO)cc2)no1. The lowest BCUT2D eigenvalue weighted by Crippen LogP contribution is -1.91. The van der Waals surface area contributed by atoms with Gasteiger partial charge in [-0.2, -0.15) is 0 Å². The smallest absolute Gasteiger partial charge is 0.374 e. The summed E-state index contributed by atoms with van der Waals surface area (Å²) >= 11 is 0. The van der Waals surface area contributed by atoms with Crippen LogP contribution in [-0.4, -0.2) is 27.9 Å². The molecular formula is C13H13NO4. The number of nitrogens with zero attached hydrogens (tertiary/aromatic N) is 1. The number of carbonyl (C=O) groups is 1. The molecule has 0 radical (unpaired) electrons. The summed E-state index contributed by atoms with van der Waals surface area (Å²) in [5.74, 6) is -1.30. The molecule has 2 rings (SSSR count). The van der Waals surface area contributed by atoms with Crippen LogP contribution in [0.4, 0.5) is 0 Å². The molecule has 1 aromatic heterocycles. The molecule has 5 nitrogen and oxygen atoms in total. The van der Waals surface area contributed by atoms with Gasteiger partial charge >= 0.3 is 5.97 Å². The predicted molar refractivity (Wildman–Crippen MR) is 64.3 cm³/mol. The van der Waals surface area contributed by atoms with Crippen LogP contribution in [0.1, 0.15) is 22.5 Å². The number of rotatable bonds is 5. The van der Waals surface area contributed by atoms with Crippen molar-refractivity contribution in [3.8, 4) is 11.3 Å². The third-order valence-corrected chi connectivity index (χ3v) is 2.59. The molecule has 18 heavy (non-hydrogen) atoms. The number of aryl methyl sites for hydroxylation is 1. The highest BCUT2D eigenvalue weighted by Crippen LogP contribution is 2.20. The number of carboxylic acid groups (broad SMARTS) is 1. The zero-order chi connectivity index (χ0) is 13.0. The molecule has 0 unspecified atom stereocenters. The third-order valence-electron chi connectivity index (χ3n) is 2.59. The van der Waals surface area contributed by atoms with E-state index in [9.17, 15) is 4.79 Å². The Hall–Kier alpha value is -2.14. The van der Waals surface area contributed by atoms with Gasteiger partial charge in [-0.05, 0) is 18.4 Å². The van der Waals surface area contributed by atoms with Gasteiger partial charge in [0, 0.05) is 18.2 Å². The van der Waals surface area contributed by atoms with Gasteiger partial charge in [0.05, 0.1) is 0 Å². The fourth-order valence-electron chi connectivity index (χ4n) is 1.64. The Morgan fingerprint density at radius 1 is 1.28 bits per heavy atom. The minimum Gasteiger partial charge on any atom is -0.475 e. The van der Waals surface area contributed by atoms with Crippen molar-refractivity contribution in [2.75, 3.05) is 6.61 Å². The van der Waals surface area contributed by atoms with Crippen molar-refractivity contribution in [1.82, 2.24) is 5.16 Å². The van der Waals surface area contributed by atoms with Crippen molar-refractivity contribution in [2.24, 2.45) is 0 Å². The van der Waals surface area contributed by atoms with Crippen molar-refractivity contribution in [3.63, 3.8) is 0 Å². The Morgan fingerprint density at radius 3 is 2.56 bits per heavy atom. The summed E-state index contributed by atoms with van der Waals surface area (Å²) in [5.41, 5.74) is 2.43. The molecular weight excluding hydrogens is 234 g/mol. The number of aromatic carboxylic acids is 1. The summed E-state index contributed by atoms with van der Waals surface area (Å²) < 4.78 is 4.69. The van der Waals surface area contributed by atoms with E-state index in [1.807, 2.05) is 24.3 Å². The van der Waals surface area contributed by atoms with E-state index in [1.165, 1.54) is 6.07 Å². The molecule has 0 atom stereocenters. The first kappa shape index (κ1) is 12.3. The Balaban J connectivity index is 2.15. The summed E-state index contributed by atoms with van der Waals surface area (Å²) in [6, 6.07) is 8.97. The van der Waals surface area contributed by atoms with E-state index < -0.39 is 5.97 Å². The van der Waals surface area contributed by atoms with E-state index in [1.54, 1.807) is 0 Å². The molecule has 0 spiro atoms. The van der Waals surface area contributed by atoms with Gasteiger partial charge in [0.15, 0.2) is 0 Å². The van der Waals surface area contributed by atoms with Gasteiger partial charge in [-0.3, -0.25) is 0 Å². The summed E-state index contributed by atoms with van der Waals surface area (Å²) in [6.45, 7) is 0.174. The van der Waals surface area contributed by atoms with Crippen LogP contribution < -0.4 is 0 Å². The van der Waals surface area contributed by atoms with Gasteiger partial charge in [-0.15, -0.1) is 0 Å². The molecule has 0 saturated carbocycles. The lowest BCUT2D eigenvalue weighted by molar-refractivity contribution is 0.0652. The minimum absolute atomic E-state index is 0.172. The van der Waals surface area contributed by atoms with E-state index in [-0.39, 0.29) is 12.4 Å². The molecule has 0 aliphatic rings. The fraction of sp³-hybridized carbons (Fsp3) is 0.231.